The molecule has 1 N–H and O–H groups in total. The van der Waals surface area contributed by atoms with E-state index in [0.29, 0.717) is 0 Å². The Kier molecular flexibility index (Phi) is 5.52. The number of aryl methyl sites for hydroxylation is 2. The summed E-state index contributed by atoms with van der Waals surface area (Å²) in [4.78, 5) is 15.2. The van der Waals surface area contributed by atoms with Crippen molar-refractivity contribution in [2.45, 2.75) is 12.8 Å². The summed E-state index contributed by atoms with van der Waals surface area (Å²) in [5.74, 6) is -1.21. The van der Waals surface area contributed by atoms with Gasteiger partial charge in [0.15, 0.2) is 0 Å². The number of fused-ring (bicyclic) bond motifs is 2. The van der Waals surface area contributed by atoms with Gasteiger partial charge in [-0.2, -0.15) is 5.26 Å². The number of anilines is 3. The molecular formula is C28H20N2O2S. The molecule has 1 aromatic heterocycles. The van der Waals surface area contributed by atoms with E-state index in [0.717, 1.165) is 33.8 Å². The lowest BCUT2D eigenvalue weighted by Crippen LogP contribution is -2.11. The lowest BCUT2D eigenvalue weighted by atomic mass is 10.0. The van der Waals surface area contributed by atoms with E-state index in [2.05, 4.69) is 77.7 Å². The maximum absolute atomic E-state index is 11.1. The summed E-state index contributed by atoms with van der Waals surface area (Å²) in [7, 11) is 0. The Balaban J connectivity index is 1.52. The number of benzene rings is 3. The number of aliphatic carboxylic acids is 1. The molecule has 33 heavy (non-hydrogen) atoms. The Morgan fingerprint density at radius 3 is 2.06 bits per heavy atom. The number of thiophene rings is 1. The predicted molar refractivity (Wildman–Crippen MR) is 133 cm³/mol. The molecule has 0 radical (unpaired) electrons. The van der Waals surface area contributed by atoms with E-state index in [1.807, 2.05) is 12.1 Å². The zero-order chi connectivity index (χ0) is 22.8. The molecule has 1 aliphatic heterocycles. The van der Waals surface area contributed by atoms with E-state index in [9.17, 15) is 4.79 Å². The van der Waals surface area contributed by atoms with E-state index in [-0.39, 0.29) is 5.57 Å². The fourth-order valence-corrected chi connectivity index (χ4v) is 5.16. The van der Waals surface area contributed by atoms with Gasteiger partial charge in [-0.25, -0.2) is 4.79 Å². The van der Waals surface area contributed by atoms with Crippen molar-refractivity contribution in [1.29, 1.82) is 5.26 Å². The highest BCUT2D eigenvalue weighted by molar-refractivity contribution is 7.16. The summed E-state index contributed by atoms with van der Waals surface area (Å²) in [6, 6.07) is 31.1. The van der Waals surface area contributed by atoms with E-state index < -0.39 is 5.97 Å². The van der Waals surface area contributed by atoms with Gasteiger partial charge in [-0.3, -0.25) is 0 Å². The van der Waals surface area contributed by atoms with Crippen molar-refractivity contribution in [2.24, 2.45) is 0 Å². The minimum atomic E-state index is -1.21. The summed E-state index contributed by atoms with van der Waals surface area (Å²) < 4.78 is 0. The number of para-hydroxylation sites is 2. The van der Waals surface area contributed by atoms with E-state index >= 15 is 0 Å². The summed E-state index contributed by atoms with van der Waals surface area (Å²) >= 11 is 1.46. The molecular weight excluding hydrogens is 428 g/mol. The maximum atomic E-state index is 11.1. The van der Waals surface area contributed by atoms with Crippen molar-refractivity contribution in [3.05, 3.63) is 107 Å². The molecule has 4 aromatic rings. The molecule has 0 unspecified atom stereocenters. The highest BCUT2D eigenvalue weighted by Gasteiger charge is 2.21. The number of hydrogen-bond acceptors (Lipinski definition) is 4. The molecule has 0 aliphatic carbocycles. The van der Waals surface area contributed by atoms with Crippen LogP contribution in [-0.2, 0) is 17.6 Å². The average Bonchev–Trinajstić information content (AvgIpc) is 3.24. The first-order valence-corrected chi connectivity index (χ1v) is 11.5. The van der Waals surface area contributed by atoms with Gasteiger partial charge in [0, 0.05) is 26.8 Å². The van der Waals surface area contributed by atoms with Crippen LogP contribution < -0.4 is 4.90 Å². The predicted octanol–water partition coefficient (Wildman–Crippen LogP) is 6.98. The first-order chi connectivity index (χ1) is 16.1. The molecule has 4 nitrogen and oxygen atoms in total. The quantitative estimate of drug-likeness (QED) is 0.270. The van der Waals surface area contributed by atoms with Crippen LogP contribution in [0.2, 0.25) is 0 Å². The largest absolute Gasteiger partial charge is 0.477 e. The van der Waals surface area contributed by atoms with Gasteiger partial charge in [-0.05, 0) is 72.0 Å². The van der Waals surface area contributed by atoms with E-state index in [1.165, 1.54) is 39.9 Å². The zero-order valence-corrected chi connectivity index (χ0v) is 18.5. The number of rotatable bonds is 4. The van der Waals surface area contributed by atoms with Crippen LogP contribution in [0.25, 0.3) is 16.5 Å². The lowest BCUT2D eigenvalue weighted by Gasteiger charge is -2.27. The van der Waals surface area contributed by atoms with Gasteiger partial charge in [0.1, 0.15) is 11.6 Å². The summed E-state index contributed by atoms with van der Waals surface area (Å²) in [5, 5.41) is 18.1. The Bertz CT molecular complexity index is 1360. The van der Waals surface area contributed by atoms with Crippen molar-refractivity contribution < 1.29 is 9.90 Å². The van der Waals surface area contributed by atoms with Crippen molar-refractivity contribution in [3.8, 4) is 16.5 Å². The monoisotopic (exact) mass is 448 g/mol. The highest BCUT2D eigenvalue weighted by Crippen LogP contribution is 2.42. The molecule has 1 aliphatic rings. The molecule has 0 amide bonds. The van der Waals surface area contributed by atoms with E-state index in [1.54, 1.807) is 6.07 Å². The minimum Gasteiger partial charge on any atom is -0.477 e. The van der Waals surface area contributed by atoms with Crippen LogP contribution in [0.3, 0.4) is 0 Å². The molecule has 5 rings (SSSR count). The van der Waals surface area contributed by atoms with Gasteiger partial charge in [0.25, 0.3) is 0 Å². The molecule has 2 heterocycles. The van der Waals surface area contributed by atoms with Crippen molar-refractivity contribution in [3.63, 3.8) is 0 Å². The molecule has 160 valence electrons. The van der Waals surface area contributed by atoms with Crippen LogP contribution in [0.15, 0.2) is 90.5 Å². The second-order valence-electron chi connectivity index (χ2n) is 7.82. The van der Waals surface area contributed by atoms with Gasteiger partial charge in [0.2, 0.25) is 0 Å². The van der Waals surface area contributed by atoms with Crippen LogP contribution in [-0.4, -0.2) is 11.1 Å². The first kappa shape index (κ1) is 20.7. The lowest BCUT2D eigenvalue weighted by molar-refractivity contribution is -0.132. The van der Waals surface area contributed by atoms with Gasteiger partial charge in [0.05, 0.1) is 0 Å². The molecule has 0 saturated heterocycles. The van der Waals surface area contributed by atoms with Gasteiger partial charge < -0.3 is 10.0 Å². The number of nitriles is 1. The first-order valence-electron chi connectivity index (χ1n) is 10.7. The standard InChI is InChI=1S/C28H20N2O2S/c29-18-22(28(31)32)17-24-15-16-27(33-24)21-11-13-23(14-12-21)30-25-7-3-1-5-19(25)9-10-20-6-2-4-8-26(20)30/h1-8,11-17H,9-10H2,(H,31,32)/b22-17+. The second kappa shape index (κ2) is 8.78. The smallest absolute Gasteiger partial charge is 0.346 e. The fraction of sp³-hybridized carbons (Fsp3) is 0.0714. The molecule has 0 saturated carbocycles. The third-order valence-electron chi connectivity index (χ3n) is 5.80. The Morgan fingerprint density at radius 2 is 1.48 bits per heavy atom. The molecule has 3 aromatic carbocycles. The Morgan fingerprint density at radius 1 is 0.879 bits per heavy atom. The molecule has 5 heteroatoms. The second-order valence-corrected chi connectivity index (χ2v) is 8.93. The molecule has 0 atom stereocenters. The third kappa shape index (κ3) is 4.05. The van der Waals surface area contributed by atoms with Gasteiger partial charge in [-0.15, -0.1) is 11.3 Å². The Labute approximate surface area is 196 Å². The summed E-state index contributed by atoms with van der Waals surface area (Å²) in [6.45, 7) is 0. The number of nitrogens with zero attached hydrogens (tertiary/aromatic N) is 2. The summed E-state index contributed by atoms with van der Waals surface area (Å²) in [5.41, 5.74) is 6.95. The molecule has 0 bridgehead atoms. The number of carboxylic acids is 1. The Hall–Kier alpha value is -4.14. The molecule has 0 fully saturated rings. The SMILES string of the molecule is N#C/C(=C\c1ccc(-c2ccc(N3c4ccccc4CCc4ccccc43)cc2)s1)C(=O)O. The fourth-order valence-electron chi connectivity index (χ4n) is 4.20. The number of carbonyl (C=O) groups is 1. The van der Waals surface area contributed by atoms with Crippen LogP contribution in [0.4, 0.5) is 17.1 Å². The van der Waals surface area contributed by atoms with Crippen LogP contribution >= 0.6 is 11.3 Å². The summed E-state index contributed by atoms with van der Waals surface area (Å²) in [6.07, 6.45) is 3.43. The van der Waals surface area contributed by atoms with Gasteiger partial charge >= 0.3 is 5.97 Å². The third-order valence-corrected chi connectivity index (χ3v) is 6.88. The van der Waals surface area contributed by atoms with Crippen LogP contribution in [0.5, 0.6) is 0 Å². The average molecular weight is 449 g/mol. The normalized spacial score (nSPS) is 12.9. The minimum absolute atomic E-state index is 0.266. The van der Waals surface area contributed by atoms with Crippen molar-refractivity contribution in [1.82, 2.24) is 0 Å². The highest BCUT2D eigenvalue weighted by atomic mass is 32.1. The van der Waals surface area contributed by atoms with Crippen LogP contribution in [0, 0.1) is 11.3 Å². The molecule has 0 spiro atoms. The maximum Gasteiger partial charge on any atom is 0.346 e. The topological polar surface area (TPSA) is 64.3 Å². The number of carboxylic acid groups (broad SMARTS) is 1. The number of hydrogen-bond donors (Lipinski definition) is 1. The van der Waals surface area contributed by atoms with Crippen molar-refractivity contribution in [2.75, 3.05) is 4.90 Å². The zero-order valence-electron chi connectivity index (χ0n) is 17.7. The van der Waals surface area contributed by atoms with Crippen molar-refractivity contribution >= 4 is 40.4 Å². The van der Waals surface area contributed by atoms with Crippen LogP contribution in [0.1, 0.15) is 16.0 Å². The van der Waals surface area contributed by atoms with E-state index in [4.69, 9.17) is 10.4 Å². The van der Waals surface area contributed by atoms with Gasteiger partial charge in [-0.1, -0.05) is 48.5 Å².